The fourth-order valence-corrected chi connectivity index (χ4v) is 2.86. The van der Waals surface area contributed by atoms with E-state index in [0.717, 1.165) is 15.6 Å². The lowest BCUT2D eigenvalue weighted by Crippen LogP contribution is -2.01. The Morgan fingerprint density at radius 3 is 2.61 bits per heavy atom. The van der Waals surface area contributed by atoms with Crippen LogP contribution in [0.2, 0.25) is 0 Å². The fourth-order valence-electron chi connectivity index (χ4n) is 1.39. The smallest absolute Gasteiger partial charge is 0.357 e. The maximum absolute atomic E-state index is 11.1. The predicted molar refractivity (Wildman–Crippen MR) is 75.3 cm³/mol. The standard InChI is InChI=1S/C12H12N2O2S2/c1-7-3-5-8(6-4-7)13-10-9(11(15)16)14-12(17-2)18-10/h3-6,13H,1-2H3,(H,15,16). The lowest BCUT2D eigenvalue weighted by molar-refractivity contribution is 0.0692. The number of hydrogen-bond donors (Lipinski definition) is 2. The van der Waals surface area contributed by atoms with E-state index in [1.54, 1.807) is 0 Å². The van der Waals surface area contributed by atoms with Gasteiger partial charge in [-0.3, -0.25) is 0 Å². The summed E-state index contributed by atoms with van der Waals surface area (Å²) in [6.07, 6.45) is 1.88. The normalized spacial score (nSPS) is 10.3. The molecule has 0 aliphatic heterocycles. The van der Waals surface area contributed by atoms with Crippen LogP contribution in [0.1, 0.15) is 16.1 Å². The second-order valence-electron chi connectivity index (χ2n) is 3.66. The Morgan fingerprint density at radius 1 is 1.39 bits per heavy atom. The van der Waals surface area contributed by atoms with Gasteiger partial charge >= 0.3 is 5.97 Å². The van der Waals surface area contributed by atoms with Crippen molar-refractivity contribution in [3.05, 3.63) is 35.5 Å². The molecule has 0 aliphatic rings. The van der Waals surface area contributed by atoms with E-state index in [1.807, 2.05) is 37.4 Å². The van der Waals surface area contributed by atoms with Gasteiger partial charge in [0.05, 0.1) is 0 Å². The maximum atomic E-state index is 11.1. The third kappa shape index (κ3) is 2.83. The van der Waals surface area contributed by atoms with Crippen molar-refractivity contribution in [2.75, 3.05) is 11.6 Å². The Kier molecular flexibility index (Phi) is 3.88. The van der Waals surface area contributed by atoms with E-state index >= 15 is 0 Å². The van der Waals surface area contributed by atoms with Crippen molar-refractivity contribution in [2.24, 2.45) is 0 Å². The number of thioether (sulfide) groups is 1. The van der Waals surface area contributed by atoms with E-state index in [0.29, 0.717) is 5.00 Å². The predicted octanol–water partition coefficient (Wildman–Crippen LogP) is 3.62. The molecule has 2 N–H and O–H groups in total. The van der Waals surface area contributed by atoms with Crippen molar-refractivity contribution >= 4 is 39.8 Å². The highest BCUT2D eigenvalue weighted by atomic mass is 32.2. The highest BCUT2D eigenvalue weighted by Crippen LogP contribution is 2.32. The van der Waals surface area contributed by atoms with Gasteiger partial charge in [-0.15, -0.1) is 0 Å². The SMILES string of the molecule is CSc1nc(C(=O)O)c(Nc2ccc(C)cc2)s1. The molecule has 6 heteroatoms. The molecule has 2 aromatic rings. The lowest BCUT2D eigenvalue weighted by Gasteiger charge is -2.04. The van der Waals surface area contributed by atoms with Gasteiger partial charge in [0.2, 0.25) is 0 Å². The molecule has 0 fully saturated rings. The van der Waals surface area contributed by atoms with Crippen molar-refractivity contribution in [2.45, 2.75) is 11.3 Å². The van der Waals surface area contributed by atoms with Crippen LogP contribution in [0, 0.1) is 6.92 Å². The molecule has 0 spiro atoms. The van der Waals surface area contributed by atoms with E-state index in [4.69, 9.17) is 5.11 Å². The summed E-state index contributed by atoms with van der Waals surface area (Å²) in [7, 11) is 0. The molecule has 1 heterocycles. The number of aryl methyl sites for hydroxylation is 1. The average Bonchev–Trinajstić information content (AvgIpc) is 2.75. The molecular formula is C12H12N2O2S2. The Balaban J connectivity index is 2.30. The number of carboxylic acid groups (broad SMARTS) is 1. The van der Waals surface area contributed by atoms with E-state index in [2.05, 4.69) is 10.3 Å². The largest absolute Gasteiger partial charge is 0.476 e. The van der Waals surface area contributed by atoms with Crippen LogP contribution in [-0.4, -0.2) is 22.3 Å². The number of rotatable bonds is 4. The van der Waals surface area contributed by atoms with E-state index < -0.39 is 5.97 Å². The molecule has 94 valence electrons. The first kappa shape index (κ1) is 12.9. The summed E-state index contributed by atoms with van der Waals surface area (Å²) in [4.78, 5) is 15.2. The number of carbonyl (C=O) groups is 1. The quantitative estimate of drug-likeness (QED) is 0.838. The summed E-state index contributed by atoms with van der Waals surface area (Å²) in [5.41, 5.74) is 2.09. The summed E-state index contributed by atoms with van der Waals surface area (Å²) in [5.74, 6) is -1.01. The second kappa shape index (κ2) is 5.41. The molecule has 1 aromatic carbocycles. The van der Waals surface area contributed by atoms with Gasteiger partial charge in [0.25, 0.3) is 0 Å². The number of anilines is 2. The number of benzene rings is 1. The average molecular weight is 280 g/mol. The first-order valence-electron chi connectivity index (χ1n) is 5.22. The zero-order valence-corrected chi connectivity index (χ0v) is 11.6. The van der Waals surface area contributed by atoms with Crippen LogP contribution in [0.4, 0.5) is 10.7 Å². The Morgan fingerprint density at radius 2 is 2.06 bits per heavy atom. The van der Waals surface area contributed by atoms with Crippen molar-refractivity contribution in [1.29, 1.82) is 0 Å². The molecule has 0 saturated carbocycles. The van der Waals surface area contributed by atoms with Crippen LogP contribution in [0.3, 0.4) is 0 Å². The van der Waals surface area contributed by atoms with Gasteiger partial charge in [0, 0.05) is 5.69 Å². The van der Waals surface area contributed by atoms with Gasteiger partial charge in [0.1, 0.15) is 5.00 Å². The summed E-state index contributed by atoms with van der Waals surface area (Å²) in [6, 6.07) is 7.78. The van der Waals surface area contributed by atoms with Crippen LogP contribution in [0.25, 0.3) is 0 Å². The van der Waals surface area contributed by atoms with Crippen LogP contribution in [0.5, 0.6) is 0 Å². The molecule has 18 heavy (non-hydrogen) atoms. The van der Waals surface area contributed by atoms with Gasteiger partial charge < -0.3 is 10.4 Å². The van der Waals surface area contributed by atoms with Gasteiger partial charge in [-0.2, -0.15) is 0 Å². The molecular weight excluding hydrogens is 268 g/mol. The monoisotopic (exact) mass is 280 g/mol. The summed E-state index contributed by atoms with van der Waals surface area (Å²) >= 11 is 2.79. The van der Waals surface area contributed by atoms with Crippen molar-refractivity contribution in [1.82, 2.24) is 4.98 Å². The summed E-state index contributed by atoms with van der Waals surface area (Å²) in [5, 5.41) is 12.8. The van der Waals surface area contributed by atoms with Gasteiger partial charge in [-0.1, -0.05) is 40.8 Å². The van der Waals surface area contributed by atoms with Crippen molar-refractivity contribution < 1.29 is 9.90 Å². The summed E-state index contributed by atoms with van der Waals surface area (Å²) < 4.78 is 0.738. The second-order valence-corrected chi connectivity index (χ2v) is 5.71. The van der Waals surface area contributed by atoms with E-state index in [-0.39, 0.29) is 5.69 Å². The Labute approximate surface area is 113 Å². The number of aromatic nitrogens is 1. The maximum Gasteiger partial charge on any atom is 0.357 e. The van der Waals surface area contributed by atoms with Gasteiger partial charge in [-0.05, 0) is 25.3 Å². The minimum Gasteiger partial charge on any atom is -0.476 e. The number of aromatic carboxylic acids is 1. The van der Waals surface area contributed by atoms with E-state index in [1.165, 1.54) is 23.1 Å². The molecule has 0 unspecified atom stereocenters. The molecule has 0 atom stereocenters. The summed E-state index contributed by atoms with van der Waals surface area (Å²) in [6.45, 7) is 2.00. The number of hydrogen-bond acceptors (Lipinski definition) is 5. The first-order chi connectivity index (χ1) is 8.60. The number of thiazole rings is 1. The number of nitrogens with one attached hydrogen (secondary N) is 1. The van der Waals surface area contributed by atoms with Crippen LogP contribution >= 0.6 is 23.1 Å². The molecule has 0 radical (unpaired) electrons. The third-order valence-corrected chi connectivity index (χ3v) is 4.25. The molecule has 0 bridgehead atoms. The van der Waals surface area contributed by atoms with Crippen molar-refractivity contribution in [3.63, 3.8) is 0 Å². The fraction of sp³-hybridized carbons (Fsp3) is 0.167. The third-order valence-electron chi connectivity index (χ3n) is 2.29. The van der Waals surface area contributed by atoms with E-state index in [9.17, 15) is 4.79 Å². The lowest BCUT2D eigenvalue weighted by atomic mass is 10.2. The van der Waals surface area contributed by atoms with Crippen LogP contribution < -0.4 is 5.32 Å². The molecule has 2 rings (SSSR count). The highest BCUT2D eigenvalue weighted by Gasteiger charge is 2.17. The zero-order valence-electron chi connectivity index (χ0n) is 9.93. The molecule has 4 nitrogen and oxygen atoms in total. The molecule has 0 aliphatic carbocycles. The minimum absolute atomic E-state index is 0.0740. The first-order valence-corrected chi connectivity index (χ1v) is 7.26. The minimum atomic E-state index is -1.01. The molecule has 0 amide bonds. The molecule has 0 saturated heterocycles. The highest BCUT2D eigenvalue weighted by molar-refractivity contribution is 8.00. The number of carboxylic acids is 1. The van der Waals surface area contributed by atoms with Gasteiger partial charge in [0.15, 0.2) is 10.0 Å². The Bertz CT molecular complexity index is 564. The van der Waals surface area contributed by atoms with Crippen molar-refractivity contribution in [3.8, 4) is 0 Å². The molecule has 1 aromatic heterocycles. The zero-order chi connectivity index (χ0) is 13.1. The van der Waals surface area contributed by atoms with Gasteiger partial charge in [-0.25, -0.2) is 9.78 Å². The Hall–Kier alpha value is -1.53. The van der Waals surface area contributed by atoms with Crippen LogP contribution in [-0.2, 0) is 0 Å². The number of nitrogens with zero attached hydrogens (tertiary/aromatic N) is 1. The topological polar surface area (TPSA) is 62.2 Å². The van der Waals surface area contributed by atoms with Crippen LogP contribution in [0.15, 0.2) is 28.6 Å².